The fraction of sp³-hybridized carbons (Fsp3) is 0.429. The van der Waals surface area contributed by atoms with Crippen molar-refractivity contribution in [1.29, 1.82) is 0 Å². The van der Waals surface area contributed by atoms with Gasteiger partial charge in [-0.15, -0.1) is 0 Å². The van der Waals surface area contributed by atoms with Gasteiger partial charge < -0.3 is 5.32 Å². The van der Waals surface area contributed by atoms with E-state index in [2.05, 4.69) is 77.8 Å². The molecule has 2 nitrogen and oxygen atoms in total. The molecule has 0 bridgehead atoms. The van der Waals surface area contributed by atoms with E-state index in [1.54, 1.807) is 0 Å². The highest BCUT2D eigenvalue weighted by Gasteiger charge is 2.25. The number of nitrogens with one attached hydrogen (secondary N) is 1. The van der Waals surface area contributed by atoms with Crippen LogP contribution >= 0.6 is 0 Å². The molecule has 3 rings (SSSR count). The average molecular weight is 308 g/mol. The Balaban J connectivity index is 1.57. The van der Waals surface area contributed by atoms with Crippen LogP contribution in [0, 0.1) is 5.92 Å². The van der Waals surface area contributed by atoms with Gasteiger partial charge in [-0.25, -0.2) is 0 Å². The predicted molar refractivity (Wildman–Crippen MR) is 97.2 cm³/mol. The first-order valence-electron chi connectivity index (χ1n) is 8.87. The summed E-state index contributed by atoms with van der Waals surface area (Å²) in [6.45, 7) is 6.75. The summed E-state index contributed by atoms with van der Waals surface area (Å²) in [4.78, 5) is 2.62. The summed E-state index contributed by atoms with van der Waals surface area (Å²) in [5, 5.41) is 3.78. The second-order valence-corrected chi connectivity index (χ2v) is 6.75. The number of hydrogen-bond donors (Lipinski definition) is 1. The van der Waals surface area contributed by atoms with Crippen molar-refractivity contribution in [2.24, 2.45) is 5.92 Å². The van der Waals surface area contributed by atoms with Crippen molar-refractivity contribution in [3.8, 4) is 0 Å². The SMILES string of the molecule is CCC1CC(NCc2ccccc2)CN(Cc2ccccc2)C1. The lowest BCUT2D eigenvalue weighted by atomic mass is 9.91. The minimum atomic E-state index is 0.595. The molecule has 2 unspecified atom stereocenters. The van der Waals surface area contributed by atoms with Gasteiger partial charge in [-0.1, -0.05) is 74.0 Å². The highest BCUT2D eigenvalue weighted by atomic mass is 15.2. The lowest BCUT2D eigenvalue weighted by Crippen LogP contribution is -2.48. The lowest BCUT2D eigenvalue weighted by molar-refractivity contribution is 0.131. The first-order chi connectivity index (χ1) is 11.3. The van der Waals surface area contributed by atoms with E-state index in [-0.39, 0.29) is 0 Å². The Morgan fingerprint density at radius 3 is 2.22 bits per heavy atom. The molecule has 0 aromatic heterocycles. The highest BCUT2D eigenvalue weighted by Crippen LogP contribution is 2.21. The number of hydrogen-bond acceptors (Lipinski definition) is 2. The molecule has 122 valence electrons. The molecule has 0 saturated carbocycles. The van der Waals surface area contributed by atoms with Crippen molar-refractivity contribution in [3.63, 3.8) is 0 Å². The van der Waals surface area contributed by atoms with Crippen molar-refractivity contribution in [3.05, 3.63) is 71.8 Å². The van der Waals surface area contributed by atoms with Gasteiger partial charge in [0.2, 0.25) is 0 Å². The molecule has 1 fully saturated rings. The fourth-order valence-electron chi connectivity index (χ4n) is 3.58. The first-order valence-corrected chi connectivity index (χ1v) is 8.87. The zero-order chi connectivity index (χ0) is 15.9. The topological polar surface area (TPSA) is 15.3 Å². The van der Waals surface area contributed by atoms with Gasteiger partial charge >= 0.3 is 0 Å². The zero-order valence-electron chi connectivity index (χ0n) is 14.1. The third-order valence-electron chi connectivity index (χ3n) is 4.88. The quantitative estimate of drug-likeness (QED) is 0.865. The molecule has 1 N–H and O–H groups in total. The van der Waals surface area contributed by atoms with Gasteiger partial charge in [-0.2, -0.15) is 0 Å². The van der Waals surface area contributed by atoms with Crippen LogP contribution in [-0.4, -0.2) is 24.0 Å². The summed E-state index contributed by atoms with van der Waals surface area (Å²) < 4.78 is 0. The molecule has 1 heterocycles. The summed E-state index contributed by atoms with van der Waals surface area (Å²) in [6.07, 6.45) is 2.57. The van der Waals surface area contributed by atoms with Crippen LogP contribution in [0.5, 0.6) is 0 Å². The summed E-state index contributed by atoms with van der Waals surface area (Å²) in [5.74, 6) is 0.806. The highest BCUT2D eigenvalue weighted by molar-refractivity contribution is 5.15. The van der Waals surface area contributed by atoms with Crippen molar-refractivity contribution in [2.75, 3.05) is 13.1 Å². The van der Waals surface area contributed by atoms with Crippen LogP contribution in [0.2, 0.25) is 0 Å². The third kappa shape index (κ3) is 4.92. The largest absolute Gasteiger partial charge is 0.309 e. The molecule has 2 aromatic rings. The Labute approximate surface area is 140 Å². The number of likely N-dealkylation sites (tertiary alicyclic amines) is 1. The fourth-order valence-corrected chi connectivity index (χ4v) is 3.58. The molecule has 0 aliphatic carbocycles. The van der Waals surface area contributed by atoms with Gasteiger partial charge in [0.15, 0.2) is 0 Å². The monoisotopic (exact) mass is 308 g/mol. The van der Waals surface area contributed by atoms with E-state index >= 15 is 0 Å². The van der Waals surface area contributed by atoms with Crippen LogP contribution in [0.3, 0.4) is 0 Å². The van der Waals surface area contributed by atoms with Crippen LogP contribution in [0.4, 0.5) is 0 Å². The number of rotatable bonds is 6. The second-order valence-electron chi connectivity index (χ2n) is 6.75. The summed E-state index contributed by atoms with van der Waals surface area (Å²) >= 11 is 0. The van der Waals surface area contributed by atoms with Crippen LogP contribution in [0.25, 0.3) is 0 Å². The van der Waals surface area contributed by atoms with Gasteiger partial charge in [0.25, 0.3) is 0 Å². The molecule has 1 saturated heterocycles. The van der Waals surface area contributed by atoms with Gasteiger partial charge in [-0.05, 0) is 23.5 Å². The minimum absolute atomic E-state index is 0.595. The molecule has 0 spiro atoms. The van der Waals surface area contributed by atoms with Crippen molar-refractivity contribution in [2.45, 2.75) is 38.9 Å². The van der Waals surface area contributed by atoms with Crippen molar-refractivity contribution >= 4 is 0 Å². The number of nitrogens with zero attached hydrogens (tertiary/aromatic N) is 1. The van der Waals surface area contributed by atoms with Crippen LogP contribution in [-0.2, 0) is 13.1 Å². The molecule has 1 aliphatic rings. The van der Waals surface area contributed by atoms with E-state index < -0.39 is 0 Å². The van der Waals surface area contributed by atoms with Crippen LogP contribution in [0.1, 0.15) is 30.9 Å². The maximum Gasteiger partial charge on any atom is 0.0234 e. The van der Waals surface area contributed by atoms with Crippen LogP contribution in [0.15, 0.2) is 60.7 Å². The summed E-state index contributed by atoms with van der Waals surface area (Å²) in [6, 6.07) is 22.2. The van der Waals surface area contributed by atoms with Gasteiger partial charge in [0.05, 0.1) is 0 Å². The smallest absolute Gasteiger partial charge is 0.0234 e. The maximum atomic E-state index is 3.78. The molecule has 23 heavy (non-hydrogen) atoms. The Morgan fingerprint density at radius 2 is 1.57 bits per heavy atom. The van der Waals surface area contributed by atoms with Crippen molar-refractivity contribution < 1.29 is 0 Å². The lowest BCUT2D eigenvalue weighted by Gasteiger charge is -2.38. The summed E-state index contributed by atoms with van der Waals surface area (Å²) in [5.41, 5.74) is 2.80. The third-order valence-corrected chi connectivity index (χ3v) is 4.88. The van der Waals surface area contributed by atoms with E-state index in [1.807, 2.05) is 0 Å². The normalized spacial score (nSPS) is 22.1. The second kappa shape index (κ2) is 8.28. The van der Waals surface area contributed by atoms with Crippen LogP contribution < -0.4 is 5.32 Å². The molecule has 2 aromatic carbocycles. The molecule has 2 atom stereocenters. The molecular weight excluding hydrogens is 280 g/mol. The molecular formula is C21H28N2. The Hall–Kier alpha value is -1.64. The standard InChI is InChI=1S/C21H28N2/c1-2-18-13-21(22-14-19-9-5-3-6-10-19)17-23(15-18)16-20-11-7-4-8-12-20/h3-12,18,21-22H,2,13-17H2,1H3. The number of piperidine rings is 1. The Bertz CT molecular complexity index is 567. The Kier molecular flexibility index (Phi) is 5.84. The molecule has 1 aliphatic heterocycles. The molecule has 0 amide bonds. The van der Waals surface area contributed by atoms with E-state index in [4.69, 9.17) is 0 Å². The Morgan fingerprint density at radius 1 is 0.913 bits per heavy atom. The van der Waals surface area contributed by atoms with Gasteiger partial charge in [-0.3, -0.25) is 4.90 Å². The van der Waals surface area contributed by atoms with E-state index in [0.29, 0.717) is 6.04 Å². The molecule has 0 radical (unpaired) electrons. The number of benzene rings is 2. The zero-order valence-corrected chi connectivity index (χ0v) is 14.1. The van der Waals surface area contributed by atoms with E-state index in [1.165, 1.54) is 30.5 Å². The minimum Gasteiger partial charge on any atom is -0.309 e. The predicted octanol–water partition coefficient (Wildman–Crippen LogP) is 4.08. The first kappa shape index (κ1) is 16.2. The van der Waals surface area contributed by atoms with E-state index in [9.17, 15) is 0 Å². The maximum absolute atomic E-state index is 3.78. The van der Waals surface area contributed by atoms with E-state index in [0.717, 1.165) is 25.6 Å². The van der Waals surface area contributed by atoms with Gasteiger partial charge in [0.1, 0.15) is 0 Å². The van der Waals surface area contributed by atoms with Gasteiger partial charge in [0, 0.05) is 32.2 Å². The summed E-state index contributed by atoms with van der Waals surface area (Å²) in [7, 11) is 0. The van der Waals surface area contributed by atoms with Crippen molar-refractivity contribution in [1.82, 2.24) is 10.2 Å². The average Bonchev–Trinajstić information content (AvgIpc) is 2.61. The molecule has 2 heteroatoms.